The zero-order valence-electron chi connectivity index (χ0n) is 12.6. The molecule has 4 N–H and O–H groups in total. The molecule has 0 spiro atoms. The van der Waals surface area contributed by atoms with Crippen molar-refractivity contribution in [3.05, 3.63) is 40.3 Å². The maximum atomic E-state index is 12.0. The minimum absolute atomic E-state index is 0.0682. The van der Waals surface area contributed by atoms with Crippen LogP contribution in [-0.4, -0.2) is 25.1 Å². The van der Waals surface area contributed by atoms with Crippen molar-refractivity contribution >= 4 is 38.6 Å². The number of hydrogen-bond donors (Lipinski definition) is 3. The average Bonchev–Trinajstić information content (AvgIpc) is 2.98. The van der Waals surface area contributed by atoms with E-state index in [4.69, 9.17) is 5.73 Å². The predicted octanol–water partition coefficient (Wildman–Crippen LogP) is 2.01. The van der Waals surface area contributed by atoms with Gasteiger partial charge in [0.25, 0.3) is 5.91 Å². The highest BCUT2D eigenvalue weighted by atomic mass is 32.2. The molecule has 9 heteroatoms. The molecule has 0 unspecified atom stereocenters. The smallest absolute Gasteiger partial charge is 0.275 e. The first-order chi connectivity index (χ1) is 10.9. The van der Waals surface area contributed by atoms with E-state index in [0.29, 0.717) is 35.0 Å². The molecule has 0 aliphatic rings. The number of carbonyl (C=O) groups excluding carboxylic acids is 1. The molecule has 0 saturated carbocycles. The largest absolute Gasteiger partial charge is 0.325 e. The summed E-state index contributed by atoms with van der Waals surface area (Å²) in [7, 11) is -3.32. The first kappa shape index (κ1) is 17.4. The van der Waals surface area contributed by atoms with Crippen LogP contribution in [0.1, 0.15) is 28.8 Å². The Kier molecular flexibility index (Phi) is 5.69. The molecule has 1 aromatic carbocycles. The lowest BCUT2D eigenvalue weighted by Gasteiger charge is -2.08. The van der Waals surface area contributed by atoms with Gasteiger partial charge in [0.1, 0.15) is 10.7 Å². The second-order valence-electron chi connectivity index (χ2n) is 4.78. The zero-order chi connectivity index (χ0) is 16.9. The van der Waals surface area contributed by atoms with Gasteiger partial charge in [-0.2, -0.15) is 0 Å². The Morgan fingerprint density at radius 1 is 1.26 bits per heavy atom. The summed E-state index contributed by atoms with van der Waals surface area (Å²) >= 11 is 1.33. The number of nitrogens with two attached hydrogens (primary N) is 1. The van der Waals surface area contributed by atoms with E-state index in [9.17, 15) is 13.2 Å². The molecule has 23 heavy (non-hydrogen) atoms. The van der Waals surface area contributed by atoms with E-state index in [1.165, 1.54) is 11.3 Å². The predicted molar refractivity (Wildman–Crippen MR) is 92.1 cm³/mol. The Bertz CT molecular complexity index is 770. The minimum Gasteiger partial charge on any atom is -0.325 e. The number of rotatable bonds is 7. The van der Waals surface area contributed by atoms with Crippen molar-refractivity contribution in [2.45, 2.75) is 19.9 Å². The second-order valence-corrected chi connectivity index (χ2v) is 7.57. The van der Waals surface area contributed by atoms with E-state index in [1.54, 1.807) is 36.6 Å². The second kappa shape index (κ2) is 7.53. The number of amides is 1. The SMILES string of the molecule is CCCS(=O)(=O)Nc1ccc(NC(=O)c2csc(CN)n2)cc1. The number of carbonyl (C=O) groups is 1. The maximum absolute atomic E-state index is 12.0. The molecular formula is C14H18N4O3S2. The van der Waals surface area contributed by atoms with Crippen LogP contribution in [0.15, 0.2) is 29.6 Å². The summed E-state index contributed by atoms with van der Waals surface area (Å²) in [6, 6.07) is 6.43. The van der Waals surface area contributed by atoms with E-state index >= 15 is 0 Å². The van der Waals surface area contributed by atoms with Gasteiger partial charge >= 0.3 is 0 Å². The third-order valence-electron chi connectivity index (χ3n) is 2.85. The summed E-state index contributed by atoms with van der Waals surface area (Å²) in [6.45, 7) is 2.09. The Hall–Kier alpha value is -1.97. The van der Waals surface area contributed by atoms with Crippen LogP contribution in [0.4, 0.5) is 11.4 Å². The highest BCUT2D eigenvalue weighted by molar-refractivity contribution is 7.92. The van der Waals surface area contributed by atoms with Crippen LogP contribution in [0.2, 0.25) is 0 Å². The Balaban J connectivity index is 2.01. The van der Waals surface area contributed by atoms with Crippen molar-refractivity contribution in [2.24, 2.45) is 5.73 Å². The van der Waals surface area contributed by atoms with E-state index in [2.05, 4.69) is 15.0 Å². The van der Waals surface area contributed by atoms with Gasteiger partial charge < -0.3 is 11.1 Å². The van der Waals surface area contributed by atoms with E-state index in [1.807, 2.05) is 0 Å². The fraction of sp³-hybridized carbons (Fsp3) is 0.286. The topological polar surface area (TPSA) is 114 Å². The van der Waals surface area contributed by atoms with Crippen molar-refractivity contribution in [1.29, 1.82) is 0 Å². The van der Waals surface area contributed by atoms with Crippen LogP contribution >= 0.6 is 11.3 Å². The number of aromatic nitrogens is 1. The number of sulfonamides is 1. The molecule has 0 saturated heterocycles. The maximum Gasteiger partial charge on any atom is 0.275 e. The van der Waals surface area contributed by atoms with Gasteiger partial charge in [0.2, 0.25) is 10.0 Å². The standard InChI is InChI=1S/C14H18N4O3S2/c1-2-7-23(20,21)18-11-5-3-10(4-6-11)16-14(19)12-9-22-13(8-15)17-12/h3-6,9,18H,2,7-8,15H2,1H3,(H,16,19). The number of nitrogens with one attached hydrogen (secondary N) is 2. The quantitative estimate of drug-likeness (QED) is 0.703. The lowest BCUT2D eigenvalue weighted by atomic mass is 10.3. The summed E-state index contributed by atoms with van der Waals surface area (Å²) in [5.41, 5.74) is 6.78. The zero-order valence-corrected chi connectivity index (χ0v) is 14.2. The molecular weight excluding hydrogens is 336 g/mol. The third-order valence-corrected chi connectivity index (χ3v) is 5.21. The molecule has 0 aliphatic carbocycles. The normalized spacial score (nSPS) is 11.2. The number of thiazole rings is 1. The molecule has 0 aliphatic heterocycles. The van der Waals surface area contributed by atoms with Gasteiger partial charge in [0, 0.05) is 23.3 Å². The van der Waals surface area contributed by atoms with Gasteiger partial charge in [-0.3, -0.25) is 9.52 Å². The van der Waals surface area contributed by atoms with Crippen LogP contribution in [0.25, 0.3) is 0 Å². The fourth-order valence-corrected chi connectivity index (χ4v) is 3.61. The van der Waals surface area contributed by atoms with E-state index in [-0.39, 0.29) is 11.7 Å². The molecule has 1 heterocycles. The van der Waals surface area contributed by atoms with Crippen LogP contribution < -0.4 is 15.8 Å². The van der Waals surface area contributed by atoms with Gasteiger partial charge in [-0.15, -0.1) is 11.3 Å². The van der Waals surface area contributed by atoms with Gasteiger partial charge in [0.05, 0.1) is 5.75 Å². The minimum atomic E-state index is -3.32. The van der Waals surface area contributed by atoms with Crippen molar-refractivity contribution in [2.75, 3.05) is 15.8 Å². The summed E-state index contributed by atoms with van der Waals surface area (Å²) in [4.78, 5) is 16.1. The van der Waals surface area contributed by atoms with Crippen LogP contribution in [0.3, 0.4) is 0 Å². The lowest BCUT2D eigenvalue weighted by Crippen LogP contribution is -2.16. The van der Waals surface area contributed by atoms with Crippen LogP contribution in [0, 0.1) is 0 Å². The van der Waals surface area contributed by atoms with Crippen molar-refractivity contribution in [3.8, 4) is 0 Å². The number of nitrogens with zero attached hydrogens (tertiary/aromatic N) is 1. The average molecular weight is 354 g/mol. The first-order valence-corrected chi connectivity index (χ1v) is 9.53. The molecule has 2 aromatic rings. The third kappa shape index (κ3) is 5.02. The van der Waals surface area contributed by atoms with Crippen LogP contribution in [0.5, 0.6) is 0 Å². The van der Waals surface area contributed by atoms with Gasteiger partial charge in [0.15, 0.2) is 0 Å². The highest BCUT2D eigenvalue weighted by Gasteiger charge is 2.11. The number of anilines is 2. The summed E-state index contributed by atoms with van der Waals surface area (Å²) < 4.78 is 25.8. The molecule has 7 nitrogen and oxygen atoms in total. The monoisotopic (exact) mass is 354 g/mol. The van der Waals surface area contributed by atoms with E-state index < -0.39 is 10.0 Å². The molecule has 0 bridgehead atoms. The summed E-state index contributed by atoms with van der Waals surface area (Å²) in [5.74, 6) is -0.265. The molecule has 2 rings (SSSR count). The van der Waals surface area contributed by atoms with Gasteiger partial charge in [-0.1, -0.05) is 6.92 Å². The van der Waals surface area contributed by atoms with Crippen molar-refractivity contribution < 1.29 is 13.2 Å². The number of hydrogen-bond acceptors (Lipinski definition) is 6. The van der Waals surface area contributed by atoms with E-state index in [0.717, 1.165) is 0 Å². The van der Waals surface area contributed by atoms with Crippen molar-refractivity contribution in [1.82, 2.24) is 4.98 Å². The summed E-state index contributed by atoms with van der Waals surface area (Å²) in [5, 5.41) is 5.03. The Morgan fingerprint density at radius 3 is 2.48 bits per heavy atom. The van der Waals surface area contributed by atoms with Gasteiger partial charge in [-0.05, 0) is 30.7 Å². The highest BCUT2D eigenvalue weighted by Crippen LogP contribution is 2.17. The summed E-state index contributed by atoms with van der Waals surface area (Å²) in [6.07, 6.45) is 0.544. The van der Waals surface area contributed by atoms with Crippen LogP contribution in [-0.2, 0) is 16.6 Å². The first-order valence-electron chi connectivity index (χ1n) is 7.00. The van der Waals surface area contributed by atoms with Crippen molar-refractivity contribution in [3.63, 3.8) is 0 Å². The molecule has 124 valence electrons. The molecule has 0 atom stereocenters. The lowest BCUT2D eigenvalue weighted by molar-refractivity contribution is 0.102. The fourth-order valence-electron chi connectivity index (χ4n) is 1.82. The Morgan fingerprint density at radius 2 is 1.91 bits per heavy atom. The molecule has 0 radical (unpaired) electrons. The molecule has 0 fully saturated rings. The Labute approximate surface area is 139 Å². The number of benzene rings is 1. The van der Waals surface area contributed by atoms with Gasteiger partial charge in [-0.25, -0.2) is 13.4 Å². The molecule has 1 amide bonds. The molecule has 1 aromatic heterocycles.